The van der Waals surface area contributed by atoms with Crippen LogP contribution in [0.4, 0.5) is 5.82 Å². The van der Waals surface area contributed by atoms with Crippen molar-refractivity contribution in [2.75, 3.05) is 0 Å². The van der Waals surface area contributed by atoms with Crippen molar-refractivity contribution in [1.82, 2.24) is 9.78 Å². The Balaban J connectivity index is 2.25. The average Bonchev–Trinajstić information content (AvgIpc) is 2.61. The van der Waals surface area contributed by atoms with Crippen LogP contribution in [0, 0.1) is 0 Å². The minimum absolute atomic E-state index is 0.406. The fourth-order valence-electron chi connectivity index (χ4n) is 1.56. The molecule has 0 N–H and O–H groups in total. The van der Waals surface area contributed by atoms with E-state index >= 15 is 0 Å². The van der Waals surface area contributed by atoms with Crippen molar-refractivity contribution < 1.29 is 4.79 Å². The Bertz CT molecular complexity index is 524. The Hall–Kier alpha value is -2.19. The molecule has 0 bridgehead atoms. The van der Waals surface area contributed by atoms with Gasteiger partial charge in [0.2, 0.25) is 6.08 Å². The number of benzene rings is 1. The summed E-state index contributed by atoms with van der Waals surface area (Å²) < 4.78 is 1.73. The summed E-state index contributed by atoms with van der Waals surface area (Å²) in [7, 11) is 1.84. The third kappa shape index (κ3) is 2.24. The highest BCUT2D eigenvalue weighted by Gasteiger charge is 2.04. The topological polar surface area (TPSA) is 47.2 Å². The molecule has 4 nitrogen and oxygen atoms in total. The molecule has 0 saturated heterocycles. The lowest BCUT2D eigenvalue weighted by atomic mass is 10.1. The van der Waals surface area contributed by atoms with Crippen molar-refractivity contribution in [2.24, 2.45) is 12.0 Å². The van der Waals surface area contributed by atoms with Crippen LogP contribution in [0.3, 0.4) is 0 Å². The Morgan fingerprint density at radius 2 is 2.12 bits per heavy atom. The molecule has 0 radical (unpaired) electrons. The molecule has 0 amide bonds. The van der Waals surface area contributed by atoms with E-state index in [4.69, 9.17) is 0 Å². The van der Waals surface area contributed by atoms with Gasteiger partial charge in [-0.1, -0.05) is 30.3 Å². The fraction of sp³-hybridized carbons (Fsp3) is 0.167. The molecular weight excluding hydrogens is 202 g/mol. The zero-order valence-electron chi connectivity index (χ0n) is 8.92. The maximum atomic E-state index is 10.1. The largest absolute Gasteiger partial charge is 0.270 e. The van der Waals surface area contributed by atoms with E-state index in [2.05, 4.69) is 22.2 Å². The summed E-state index contributed by atoms with van der Waals surface area (Å²) in [6.07, 6.45) is 2.26. The molecule has 2 aromatic rings. The normalized spacial score (nSPS) is 9.81. The number of carbonyl (C=O) groups excluding carboxylic acids is 1. The molecule has 0 saturated carbocycles. The quantitative estimate of drug-likeness (QED) is 0.578. The van der Waals surface area contributed by atoms with Gasteiger partial charge in [0.05, 0.1) is 0 Å². The molecule has 0 aliphatic heterocycles. The van der Waals surface area contributed by atoms with Gasteiger partial charge in [-0.05, 0) is 5.56 Å². The van der Waals surface area contributed by atoms with Gasteiger partial charge in [0, 0.05) is 25.2 Å². The van der Waals surface area contributed by atoms with Crippen LogP contribution in [0.25, 0.3) is 0 Å². The number of nitrogens with zero attached hydrogens (tertiary/aromatic N) is 3. The number of rotatable bonds is 3. The molecule has 1 heterocycles. The Kier molecular flexibility index (Phi) is 2.94. The van der Waals surface area contributed by atoms with Gasteiger partial charge in [0.1, 0.15) is 0 Å². The molecule has 16 heavy (non-hydrogen) atoms. The standard InChI is InChI=1S/C12H11N3O/c1-15-11(8-12(14-15)13-9-16)7-10-5-3-2-4-6-10/h2-6,8H,7H2,1H3. The molecule has 0 aliphatic rings. The fourth-order valence-corrected chi connectivity index (χ4v) is 1.56. The van der Waals surface area contributed by atoms with E-state index in [0.717, 1.165) is 12.1 Å². The minimum atomic E-state index is 0.406. The van der Waals surface area contributed by atoms with Crippen molar-refractivity contribution in [3.63, 3.8) is 0 Å². The van der Waals surface area contributed by atoms with Gasteiger partial charge in [-0.3, -0.25) is 4.68 Å². The first kappa shape index (κ1) is 10.3. The number of aliphatic imine (C=N–C) groups is 1. The predicted octanol–water partition coefficient (Wildman–Crippen LogP) is 1.98. The monoisotopic (exact) mass is 213 g/mol. The second kappa shape index (κ2) is 4.55. The van der Waals surface area contributed by atoms with Crippen LogP contribution >= 0.6 is 0 Å². The Morgan fingerprint density at radius 1 is 1.38 bits per heavy atom. The van der Waals surface area contributed by atoms with Crippen molar-refractivity contribution in [3.8, 4) is 0 Å². The molecule has 0 atom stereocenters. The van der Waals surface area contributed by atoms with E-state index in [1.165, 1.54) is 11.6 Å². The molecule has 0 fully saturated rings. The first-order valence-electron chi connectivity index (χ1n) is 4.94. The highest BCUT2D eigenvalue weighted by atomic mass is 16.1. The van der Waals surface area contributed by atoms with Gasteiger partial charge in [-0.15, -0.1) is 4.99 Å². The van der Waals surface area contributed by atoms with Gasteiger partial charge < -0.3 is 0 Å². The van der Waals surface area contributed by atoms with Crippen molar-refractivity contribution in [1.29, 1.82) is 0 Å². The second-order valence-electron chi connectivity index (χ2n) is 3.48. The number of isocyanates is 1. The van der Waals surface area contributed by atoms with E-state index in [1.807, 2.05) is 25.2 Å². The third-order valence-electron chi connectivity index (χ3n) is 2.35. The summed E-state index contributed by atoms with van der Waals surface area (Å²) in [6.45, 7) is 0. The number of hydrogen-bond donors (Lipinski definition) is 0. The van der Waals surface area contributed by atoms with Crippen LogP contribution in [0.1, 0.15) is 11.3 Å². The molecule has 0 spiro atoms. The number of hydrogen-bond acceptors (Lipinski definition) is 3. The van der Waals surface area contributed by atoms with E-state index in [-0.39, 0.29) is 0 Å². The third-order valence-corrected chi connectivity index (χ3v) is 2.35. The minimum Gasteiger partial charge on any atom is -0.270 e. The predicted molar refractivity (Wildman–Crippen MR) is 60.2 cm³/mol. The van der Waals surface area contributed by atoms with Crippen LogP contribution in [-0.4, -0.2) is 15.9 Å². The summed E-state index contributed by atoms with van der Waals surface area (Å²) >= 11 is 0. The van der Waals surface area contributed by atoms with E-state index in [0.29, 0.717) is 5.82 Å². The molecule has 0 unspecified atom stereocenters. The molecule has 1 aromatic heterocycles. The van der Waals surface area contributed by atoms with Crippen molar-refractivity contribution >= 4 is 11.9 Å². The lowest BCUT2D eigenvalue weighted by Crippen LogP contribution is -1.98. The SMILES string of the molecule is Cn1nc(N=C=O)cc1Cc1ccccc1. The average molecular weight is 213 g/mol. The highest BCUT2D eigenvalue weighted by Crippen LogP contribution is 2.14. The highest BCUT2D eigenvalue weighted by molar-refractivity contribution is 5.45. The van der Waals surface area contributed by atoms with Crippen LogP contribution in [0.2, 0.25) is 0 Å². The zero-order valence-corrected chi connectivity index (χ0v) is 8.92. The second-order valence-corrected chi connectivity index (χ2v) is 3.48. The summed E-state index contributed by atoms with van der Waals surface area (Å²) in [6, 6.07) is 11.9. The van der Waals surface area contributed by atoms with Crippen LogP contribution < -0.4 is 0 Å². The summed E-state index contributed by atoms with van der Waals surface area (Å²) in [5.41, 5.74) is 2.22. The van der Waals surface area contributed by atoms with Gasteiger partial charge in [0.15, 0.2) is 5.82 Å². The molecule has 1 aromatic carbocycles. The van der Waals surface area contributed by atoms with Gasteiger partial charge in [-0.25, -0.2) is 4.79 Å². The van der Waals surface area contributed by atoms with Gasteiger partial charge >= 0.3 is 0 Å². The first-order chi connectivity index (χ1) is 7.79. The molecule has 4 heteroatoms. The van der Waals surface area contributed by atoms with Crippen molar-refractivity contribution in [2.45, 2.75) is 6.42 Å². The lowest BCUT2D eigenvalue weighted by Gasteiger charge is -2.00. The first-order valence-corrected chi connectivity index (χ1v) is 4.94. The Morgan fingerprint density at radius 3 is 2.81 bits per heavy atom. The molecule has 80 valence electrons. The summed E-state index contributed by atoms with van der Waals surface area (Å²) in [5, 5.41) is 4.08. The van der Waals surface area contributed by atoms with E-state index < -0.39 is 0 Å². The molecule has 2 rings (SSSR count). The van der Waals surface area contributed by atoms with Gasteiger partial charge in [-0.2, -0.15) is 5.10 Å². The number of aromatic nitrogens is 2. The smallest absolute Gasteiger partial charge is 0.242 e. The lowest BCUT2D eigenvalue weighted by molar-refractivity contribution is 0.565. The maximum absolute atomic E-state index is 10.1. The maximum Gasteiger partial charge on any atom is 0.242 e. The summed E-state index contributed by atoms with van der Waals surface area (Å²) in [4.78, 5) is 13.6. The van der Waals surface area contributed by atoms with E-state index in [1.54, 1.807) is 10.7 Å². The van der Waals surface area contributed by atoms with Crippen molar-refractivity contribution in [3.05, 3.63) is 47.7 Å². The van der Waals surface area contributed by atoms with Crippen LogP contribution in [0.15, 0.2) is 41.4 Å². The zero-order chi connectivity index (χ0) is 11.4. The molecule has 0 aliphatic carbocycles. The Labute approximate surface area is 93.2 Å². The van der Waals surface area contributed by atoms with Crippen LogP contribution in [0.5, 0.6) is 0 Å². The van der Waals surface area contributed by atoms with E-state index in [9.17, 15) is 4.79 Å². The van der Waals surface area contributed by atoms with Crippen LogP contribution in [-0.2, 0) is 18.3 Å². The summed E-state index contributed by atoms with van der Waals surface area (Å²) in [5.74, 6) is 0.406. The number of aryl methyl sites for hydroxylation is 1. The van der Waals surface area contributed by atoms with Gasteiger partial charge in [0.25, 0.3) is 0 Å². The molecular formula is C12H11N3O.